The van der Waals surface area contributed by atoms with E-state index in [4.69, 9.17) is 18.5 Å². The number of phosphoric acid groups is 1. The molecule has 0 saturated heterocycles. The summed E-state index contributed by atoms with van der Waals surface area (Å²) in [6.45, 7) is 3.96. The minimum absolute atomic E-state index is 0.0467. The number of nitrogens with zero attached hydrogens (tertiary/aromatic N) is 1. The lowest BCUT2D eigenvalue weighted by Crippen LogP contribution is -2.37. The highest BCUT2D eigenvalue weighted by Crippen LogP contribution is 2.38. The first-order chi connectivity index (χ1) is 40.0. The third-order valence-electron chi connectivity index (χ3n) is 12.7. The van der Waals surface area contributed by atoms with Gasteiger partial charge in [0.1, 0.15) is 19.8 Å². The molecule has 0 aromatic heterocycles. The molecule has 0 radical (unpaired) electrons. The summed E-state index contributed by atoms with van der Waals surface area (Å²) in [4.78, 5) is 38.0. The highest BCUT2D eigenvalue weighted by Gasteiger charge is 2.22. The molecule has 0 N–H and O–H groups in total. The van der Waals surface area contributed by atoms with Crippen molar-refractivity contribution < 1.29 is 42.1 Å². The van der Waals surface area contributed by atoms with E-state index in [1.54, 1.807) is 0 Å². The fourth-order valence-corrected chi connectivity index (χ4v) is 8.64. The Morgan fingerprint density at radius 3 is 0.976 bits per heavy atom. The number of rotatable bonds is 56. The van der Waals surface area contributed by atoms with Crippen molar-refractivity contribution in [2.24, 2.45) is 0 Å². The normalized spacial score (nSPS) is 14.4. The number of carbonyl (C=O) groups excluding carboxylic acids is 2. The van der Waals surface area contributed by atoms with Crippen LogP contribution in [0.1, 0.15) is 219 Å². The summed E-state index contributed by atoms with van der Waals surface area (Å²) < 4.78 is 34.2. The molecule has 0 bridgehead atoms. The molecular formula is C72H116NO8P. The van der Waals surface area contributed by atoms with Crippen LogP contribution in [0.25, 0.3) is 0 Å². The molecule has 2 unspecified atom stereocenters. The fraction of sp³-hybridized carbons (Fsp3) is 0.583. The maximum absolute atomic E-state index is 12.8. The summed E-state index contributed by atoms with van der Waals surface area (Å²) in [7, 11) is 1.12. The van der Waals surface area contributed by atoms with E-state index in [0.29, 0.717) is 23.9 Å². The van der Waals surface area contributed by atoms with Gasteiger partial charge >= 0.3 is 11.9 Å². The van der Waals surface area contributed by atoms with E-state index < -0.39 is 32.5 Å². The number of phosphoric ester groups is 1. The van der Waals surface area contributed by atoms with Crippen molar-refractivity contribution in [2.75, 3.05) is 47.5 Å². The lowest BCUT2D eigenvalue weighted by Gasteiger charge is -2.28. The largest absolute Gasteiger partial charge is 0.756 e. The van der Waals surface area contributed by atoms with Gasteiger partial charge in [-0.05, 0) is 128 Å². The van der Waals surface area contributed by atoms with Gasteiger partial charge in [0.25, 0.3) is 7.82 Å². The molecule has 0 fully saturated rings. The summed E-state index contributed by atoms with van der Waals surface area (Å²) in [5.41, 5.74) is 0. The van der Waals surface area contributed by atoms with E-state index in [2.05, 4.69) is 184 Å². The van der Waals surface area contributed by atoms with Crippen LogP contribution in [0.2, 0.25) is 0 Å². The zero-order valence-corrected chi connectivity index (χ0v) is 53.3. The summed E-state index contributed by atoms with van der Waals surface area (Å²) in [6, 6.07) is 0. The van der Waals surface area contributed by atoms with Crippen LogP contribution in [0.3, 0.4) is 0 Å². The van der Waals surface area contributed by atoms with Crippen LogP contribution in [0.4, 0.5) is 0 Å². The SMILES string of the molecule is CC/C=C\C/C=C\C/C=C\C/C=C\C/C=C\C/C=C\C/C=C\C/C=C\C/C=C\C/C=C\CCCCCCC(=O)OC(COC(=O)CCCCCCCCCCCC/C=C\C/C=C\C/C=C\C/C=C\CC)COP(=O)([O-])OCC[N+](C)(C)C. The smallest absolute Gasteiger partial charge is 0.306 e. The number of unbranched alkanes of at least 4 members (excludes halogenated alkanes) is 14. The fourth-order valence-electron chi connectivity index (χ4n) is 7.91. The number of esters is 2. The maximum Gasteiger partial charge on any atom is 0.306 e. The first-order valence-electron chi connectivity index (χ1n) is 31.8. The minimum Gasteiger partial charge on any atom is -0.756 e. The monoisotopic (exact) mass is 1150 g/mol. The third kappa shape index (κ3) is 64.5. The Bertz CT molecular complexity index is 1990. The van der Waals surface area contributed by atoms with Gasteiger partial charge in [-0.2, -0.15) is 0 Å². The van der Waals surface area contributed by atoms with Crippen molar-refractivity contribution in [3.05, 3.63) is 170 Å². The average Bonchev–Trinajstić information content (AvgIpc) is 3.45. The standard InChI is InChI=1S/C72H116NO8P/c1-6-8-10-12-14-16-18-20-22-24-26-28-30-31-32-33-34-35-36-37-38-39-40-41-43-45-47-49-51-53-55-57-59-61-63-65-72(75)81-70(69-80-82(76,77)79-67-66-73(3,4)5)68-78-71(74)64-62-60-58-56-54-52-50-48-46-44-42-29-27-25-23-21-19-17-15-13-11-9-7-2/h8-11,14-17,20-23,26-29,31-32,34-35,37-38,40-41,45,47,51,53,70H,6-7,12-13,18-19,24-25,30,33,36,39,42-44,46,48-50,52,54-69H2,1-5H3/b10-8-,11-9-,16-14-,17-15-,22-20-,23-21-,28-26-,29-27-,32-31-,35-34-,38-37-,41-40-,47-45-,53-51-. The van der Waals surface area contributed by atoms with E-state index in [0.717, 1.165) is 141 Å². The zero-order valence-electron chi connectivity index (χ0n) is 52.4. The van der Waals surface area contributed by atoms with Gasteiger partial charge in [-0.3, -0.25) is 14.2 Å². The molecule has 9 nitrogen and oxygen atoms in total. The van der Waals surface area contributed by atoms with Crippen LogP contribution in [-0.4, -0.2) is 70.0 Å². The van der Waals surface area contributed by atoms with Crippen LogP contribution in [0.5, 0.6) is 0 Å². The maximum atomic E-state index is 12.8. The first-order valence-corrected chi connectivity index (χ1v) is 33.3. The summed E-state index contributed by atoms with van der Waals surface area (Å²) >= 11 is 0. The summed E-state index contributed by atoms with van der Waals surface area (Å²) in [5.74, 6) is -0.880. The molecule has 0 saturated carbocycles. The summed E-state index contributed by atoms with van der Waals surface area (Å²) in [6.07, 6.45) is 92.6. The number of hydrogen-bond donors (Lipinski definition) is 0. The van der Waals surface area contributed by atoms with Crippen LogP contribution in [-0.2, 0) is 32.7 Å². The summed E-state index contributed by atoms with van der Waals surface area (Å²) in [5, 5.41) is 0. The van der Waals surface area contributed by atoms with Crippen molar-refractivity contribution >= 4 is 19.8 Å². The highest BCUT2D eigenvalue weighted by molar-refractivity contribution is 7.45. The zero-order chi connectivity index (χ0) is 59.8. The van der Waals surface area contributed by atoms with Crippen molar-refractivity contribution in [3.63, 3.8) is 0 Å². The van der Waals surface area contributed by atoms with Gasteiger partial charge in [-0.1, -0.05) is 248 Å². The van der Waals surface area contributed by atoms with Gasteiger partial charge in [0, 0.05) is 12.8 Å². The van der Waals surface area contributed by atoms with E-state index in [1.165, 1.54) is 38.5 Å². The quantitative estimate of drug-likeness (QED) is 0.0195. The van der Waals surface area contributed by atoms with Gasteiger partial charge in [0.2, 0.25) is 0 Å². The molecule has 10 heteroatoms. The number of hydrogen-bond acceptors (Lipinski definition) is 8. The van der Waals surface area contributed by atoms with Crippen LogP contribution in [0.15, 0.2) is 170 Å². The Kier molecular flexibility index (Phi) is 57.5. The Hall–Kier alpha value is -4.63. The lowest BCUT2D eigenvalue weighted by atomic mass is 10.1. The van der Waals surface area contributed by atoms with Gasteiger partial charge in [0.15, 0.2) is 6.10 Å². The van der Waals surface area contributed by atoms with E-state index in [9.17, 15) is 19.0 Å². The third-order valence-corrected chi connectivity index (χ3v) is 13.7. The van der Waals surface area contributed by atoms with Crippen LogP contribution < -0.4 is 4.89 Å². The van der Waals surface area contributed by atoms with E-state index in [1.807, 2.05) is 21.1 Å². The Balaban J connectivity index is 4.25. The molecule has 0 spiro atoms. The molecule has 462 valence electrons. The average molecular weight is 1150 g/mol. The second-order valence-electron chi connectivity index (χ2n) is 21.7. The van der Waals surface area contributed by atoms with Gasteiger partial charge in [-0.25, -0.2) is 0 Å². The van der Waals surface area contributed by atoms with Gasteiger partial charge in [-0.15, -0.1) is 0 Å². The molecule has 0 aliphatic carbocycles. The van der Waals surface area contributed by atoms with Crippen LogP contribution >= 0.6 is 7.82 Å². The van der Waals surface area contributed by atoms with E-state index in [-0.39, 0.29) is 26.1 Å². The minimum atomic E-state index is -4.66. The van der Waals surface area contributed by atoms with Crippen LogP contribution in [0, 0.1) is 0 Å². The Morgan fingerprint density at radius 1 is 0.378 bits per heavy atom. The Morgan fingerprint density at radius 2 is 0.659 bits per heavy atom. The highest BCUT2D eigenvalue weighted by atomic mass is 31.2. The molecule has 0 rings (SSSR count). The van der Waals surface area contributed by atoms with Crippen molar-refractivity contribution in [1.29, 1.82) is 0 Å². The molecule has 2 atom stereocenters. The van der Waals surface area contributed by atoms with Gasteiger partial charge < -0.3 is 27.9 Å². The Labute approximate surface area is 502 Å². The van der Waals surface area contributed by atoms with Crippen molar-refractivity contribution in [1.82, 2.24) is 0 Å². The number of likely N-dealkylation sites (N-methyl/N-ethyl adjacent to an activating group) is 1. The van der Waals surface area contributed by atoms with Gasteiger partial charge in [0.05, 0.1) is 27.7 Å². The first kappa shape index (κ1) is 77.4. The lowest BCUT2D eigenvalue weighted by molar-refractivity contribution is -0.870. The molecule has 0 aliphatic rings. The molecule has 0 aromatic carbocycles. The number of ether oxygens (including phenoxy) is 2. The molecule has 0 heterocycles. The number of carbonyl (C=O) groups is 2. The molecule has 0 aromatic rings. The topological polar surface area (TPSA) is 111 Å². The molecule has 0 aliphatic heterocycles. The van der Waals surface area contributed by atoms with Crippen molar-refractivity contribution in [2.45, 2.75) is 225 Å². The predicted octanol–water partition coefficient (Wildman–Crippen LogP) is 20.0. The predicted molar refractivity (Wildman–Crippen MR) is 350 cm³/mol. The molecule has 82 heavy (non-hydrogen) atoms. The number of quaternary nitrogens is 1. The number of allylic oxidation sites excluding steroid dienone is 28. The molecular weight excluding hydrogens is 1040 g/mol. The second-order valence-corrected chi connectivity index (χ2v) is 23.1. The molecule has 0 amide bonds. The van der Waals surface area contributed by atoms with Crippen molar-refractivity contribution in [3.8, 4) is 0 Å². The van der Waals surface area contributed by atoms with E-state index >= 15 is 0 Å². The second kappa shape index (κ2) is 60.9.